The van der Waals surface area contributed by atoms with E-state index in [1.54, 1.807) is 30.1 Å². The van der Waals surface area contributed by atoms with E-state index < -0.39 is 12.6 Å². The van der Waals surface area contributed by atoms with Crippen LogP contribution in [-0.4, -0.2) is 49.4 Å². The quantitative estimate of drug-likeness (QED) is 0.795. The van der Waals surface area contributed by atoms with E-state index in [4.69, 9.17) is 24.1 Å². The number of aliphatic carboxylic acids is 1. The highest BCUT2D eigenvalue weighted by Crippen LogP contribution is 2.33. The van der Waals surface area contributed by atoms with Crippen LogP contribution in [0, 0.1) is 0 Å². The Labute approximate surface area is 155 Å². The van der Waals surface area contributed by atoms with Crippen molar-refractivity contribution < 1.29 is 33.6 Å². The van der Waals surface area contributed by atoms with E-state index in [0.29, 0.717) is 29.4 Å². The molecule has 0 saturated carbocycles. The number of ether oxygens (including phenoxy) is 4. The molecule has 1 heterocycles. The molecule has 8 nitrogen and oxygen atoms in total. The highest BCUT2D eigenvalue weighted by Gasteiger charge is 2.18. The minimum atomic E-state index is -1.12. The van der Waals surface area contributed by atoms with E-state index >= 15 is 0 Å². The summed E-state index contributed by atoms with van der Waals surface area (Å²) in [5.74, 6) is 0.530. The first-order valence-corrected chi connectivity index (χ1v) is 8.14. The number of fused-ring (bicyclic) bond motifs is 1. The Morgan fingerprint density at radius 3 is 2.63 bits per heavy atom. The Bertz CT molecular complexity index is 865. The van der Waals surface area contributed by atoms with Gasteiger partial charge in [0.2, 0.25) is 6.79 Å². The highest BCUT2D eigenvalue weighted by atomic mass is 16.7. The standard InChI is InChI=1S/C19H19NO7/c1-20(9-12-3-5-15-16(7-12)27-11-26-15)19(23)13-4-6-14(24-2)17(8-13)25-10-18(21)22/h3-8H,9-11H2,1-2H3,(H,21,22). The van der Waals surface area contributed by atoms with Gasteiger partial charge in [0.15, 0.2) is 29.6 Å². The molecular formula is C19H19NO7. The van der Waals surface area contributed by atoms with E-state index in [0.717, 1.165) is 5.56 Å². The summed E-state index contributed by atoms with van der Waals surface area (Å²) in [4.78, 5) is 25.0. The molecule has 0 radical (unpaired) electrons. The maximum Gasteiger partial charge on any atom is 0.341 e. The Morgan fingerprint density at radius 2 is 1.89 bits per heavy atom. The summed E-state index contributed by atoms with van der Waals surface area (Å²) < 4.78 is 21.0. The van der Waals surface area contributed by atoms with Crippen LogP contribution in [0.15, 0.2) is 36.4 Å². The van der Waals surface area contributed by atoms with Crippen molar-refractivity contribution in [2.24, 2.45) is 0 Å². The summed E-state index contributed by atoms with van der Waals surface area (Å²) in [5.41, 5.74) is 1.25. The Hall–Kier alpha value is -3.42. The van der Waals surface area contributed by atoms with Crippen molar-refractivity contribution in [3.05, 3.63) is 47.5 Å². The van der Waals surface area contributed by atoms with Crippen molar-refractivity contribution in [3.63, 3.8) is 0 Å². The van der Waals surface area contributed by atoms with Crippen LogP contribution in [0.25, 0.3) is 0 Å². The zero-order valence-electron chi connectivity index (χ0n) is 14.9. The molecule has 27 heavy (non-hydrogen) atoms. The number of carboxylic acid groups (broad SMARTS) is 1. The number of nitrogens with zero attached hydrogens (tertiary/aromatic N) is 1. The minimum Gasteiger partial charge on any atom is -0.493 e. The topological polar surface area (TPSA) is 94.5 Å². The van der Waals surface area contributed by atoms with Gasteiger partial charge in [0, 0.05) is 19.2 Å². The van der Waals surface area contributed by atoms with Gasteiger partial charge in [-0.1, -0.05) is 6.07 Å². The van der Waals surface area contributed by atoms with Crippen LogP contribution in [-0.2, 0) is 11.3 Å². The number of hydrogen-bond donors (Lipinski definition) is 1. The maximum absolute atomic E-state index is 12.7. The van der Waals surface area contributed by atoms with Crippen LogP contribution >= 0.6 is 0 Å². The second kappa shape index (κ2) is 7.86. The van der Waals surface area contributed by atoms with Crippen LogP contribution < -0.4 is 18.9 Å². The molecule has 0 unspecified atom stereocenters. The molecule has 3 rings (SSSR count). The van der Waals surface area contributed by atoms with Crippen molar-refractivity contribution in [3.8, 4) is 23.0 Å². The number of hydrogen-bond acceptors (Lipinski definition) is 6. The van der Waals surface area contributed by atoms with Crippen LogP contribution in [0.3, 0.4) is 0 Å². The van der Waals surface area contributed by atoms with E-state index in [2.05, 4.69) is 0 Å². The molecule has 0 fully saturated rings. The summed E-state index contributed by atoms with van der Waals surface area (Å²) in [6.07, 6.45) is 0. The van der Waals surface area contributed by atoms with Gasteiger partial charge in [-0.2, -0.15) is 0 Å². The molecule has 2 aromatic rings. The lowest BCUT2D eigenvalue weighted by atomic mass is 10.1. The number of benzene rings is 2. The zero-order chi connectivity index (χ0) is 19.4. The van der Waals surface area contributed by atoms with Gasteiger partial charge in [-0.05, 0) is 35.9 Å². The number of amides is 1. The molecule has 0 saturated heterocycles. The van der Waals surface area contributed by atoms with Gasteiger partial charge in [-0.25, -0.2) is 4.79 Å². The lowest BCUT2D eigenvalue weighted by molar-refractivity contribution is -0.139. The number of methoxy groups -OCH3 is 1. The fraction of sp³-hybridized carbons (Fsp3) is 0.263. The highest BCUT2D eigenvalue weighted by molar-refractivity contribution is 5.94. The van der Waals surface area contributed by atoms with E-state index in [9.17, 15) is 9.59 Å². The van der Waals surface area contributed by atoms with Gasteiger partial charge < -0.3 is 29.0 Å². The molecule has 1 aliphatic rings. The third kappa shape index (κ3) is 4.22. The fourth-order valence-corrected chi connectivity index (χ4v) is 2.67. The molecular weight excluding hydrogens is 354 g/mol. The third-order valence-corrected chi connectivity index (χ3v) is 3.97. The van der Waals surface area contributed by atoms with Gasteiger partial charge in [0.1, 0.15) is 0 Å². The second-order valence-electron chi connectivity index (χ2n) is 5.90. The molecule has 8 heteroatoms. The molecule has 2 aromatic carbocycles. The maximum atomic E-state index is 12.7. The van der Waals surface area contributed by atoms with Crippen LogP contribution in [0.1, 0.15) is 15.9 Å². The molecule has 0 bridgehead atoms. The van der Waals surface area contributed by atoms with Crippen LogP contribution in [0.5, 0.6) is 23.0 Å². The lowest BCUT2D eigenvalue weighted by Gasteiger charge is -2.18. The van der Waals surface area contributed by atoms with Crippen molar-refractivity contribution >= 4 is 11.9 Å². The van der Waals surface area contributed by atoms with Crippen molar-refractivity contribution in [2.45, 2.75) is 6.54 Å². The average Bonchev–Trinajstić information content (AvgIpc) is 3.13. The first kappa shape index (κ1) is 18.4. The number of carboxylic acids is 1. The molecule has 1 aliphatic heterocycles. The van der Waals surface area contributed by atoms with E-state index in [-0.39, 0.29) is 18.4 Å². The van der Waals surface area contributed by atoms with Crippen LogP contribution in [0.2, 0.25) is 0 Å². The van der Waals surface area contributed by atoms with Crippen molar-refractivity contribution in [1.29, 1.82) is 0 Å². The Kier molecular flexibility index (Phi) is 5.35. The van der Waals surface area contributed by atoms with E-state index in [1.807, 2.05) is 12.1 Å². The van der Waals surface area contributed by atoms with Crippen LogP contribution in [0.4, 0.5) is 0 Å². The summed E-state index contributed by atoms with van der Waals surface area (Å²) in [5, 5.41) is 8.78. The van der Waals surface area contributed by atoms with Gasteiger partial charge in [-0.15, -0.1) is 0 Å². The molecule has 1 amide bonds. The fourth-order valence-electron chi connectivity index (χ4n) is 2.67. The number of carbonyl (C=O) groups excluding carboxylic acids is 1. The SMILES string of the molecule is COc1ccc(C(=O)N(C)Cc2ccc3c(c2)OCO3)cc1OCC(=O)O. The number of rotatable bonds is 7. The smallest absolute Gasteiger partial charge is 0.341 e. The molecule has 0 atom stereocenters. The summed E-state index contributed by atoms with van der Waals surface area (Å²) in [6, 6.07) is 10.2. The van der Waals surface area contributed by atoms with Gasteiger partial charge in [0.05, 0.1) is 7.11 Å². The molecule has 0 spiro atoms. The van der Waals surface area contributed by atoms with Gasteiger partial charge >= 0.3 is 5.97 Å². The van der Waals surface area contributed by atoms with Crippen molar-refractivity contribution in [1.82, 2.24) is 4.90 Å². The minimum absolute atomic E-state index is 0.193. The first-order valence-electron chi connectivity index (χ1n) is 8.14. The molecule has 0 aliphatic carbocycles. The first-order chi connectivity index (χ1) is 13.0. The normalized spacial score (nSPS) is 11.8. The molecule has 142 valence electrons. The third-order valence-electron chi connectivity index (χ3n) is 3.97. The summed E-state index contributed by atoms with van der Waals surface area (Å²) in [6.45, 7) is 0.0341. The van der Waals surface area contributed by atoms with Crippen molar-refractivity contribution in [2.75, 3.05) is 27.6 Å². The molecule has 0 aromatic heterocycles. The summed E-state index contributed by atoms with van der Waals surface area (Å²) in [7, 11) is 3.12. The Morgan fingerprint density at radius 1 is 1.11 bits per heavy atom. The largest absolute Gasteiger partial charge is 0.493 e. The molecule has 1 N–H and O–H groups in total. The monoisotopic (exact) mass is 373 g/mol. The zero-order valence-corrected chi connectivity index (χ0v) is 14.9. The van der Waals surface area contributed by atoms with Gasteiger partial charge in [0.25, 0.3) is 5.91 Å². The van der Waals surface area contributed by atoms with Gasteiger partial charge in [-0.3, -0.25) is 4.79 Å². The number of carbonyl (C=O) groups is 2. The second-order valence-corrected chi connectivity index (χ2v) is 5.90. The summed E-state index contributed by atoms with van der Waals surface area (Å²) >= 11 is 0. The predicted molar refractivity (Wildman–Crippen MR) is 94.5 cm³/mol. The van der Waals surface area contributed by atoms with E-state index in [1.165, 1.54) is 13.2 Å². The Balaban J connectivity index is 1.74. The lowest BCUT2D eigenvalue weighted by Crippen LogP contribution is -2.26. The average molecular weight is 373 g/mol. The predicted octanol–water partition coefficient (Wildman–Crippen LogP) is 2.16.